The zero-order chi connectivity index (χ0) is 72.3. The van der Waals surface area contributed by atoms with Gasteiger partial charge in [0.25, 0.3) is 0 Å². The molecule has 0 amide bonds. The summed E-state index contributed by atoms with van der Waals surface area (Å²) in [5.41, 5.74) is 0. The van der Waals surface area contributed by atoms with Crippen molar-refractivity contribution in [2.75, 3.05) is 39.6 Å². The Hall–Kier alpha value is -4.05. The number of phosphoric ester groups is 2. The minimum atomic E-state index is -4.93. The van der Waals surface area contributed by atoms with Gasteiger partial charge in [0.1, 0.15) is 25.4 Å². The number of esters is 3. The molecule has 18 heteroatoms. The SMILES string of the molecule is CC/C=C\C/C=C\C/C=C\C/C=C\C/C=C\CCCCCCCCCCCCCCCCCC(=O)OCC(O)COP(=O)(O)OCC(O)COP(=O)(O)OCC(COC(=O)CCCCCCCCC/C=C\C/C=C\C/C=C\CC)OC(=O)CCCCCCC/C=C\C/C=C\CCCCC. The Morgan fingerprint density at radius 2 is 0.535 bits per heavy atom. The third kappa shape index (κ3) is 74.9. The molecule has 0 spiro atoms. The highest BCUT2D eigenvalue weighted by atomic mass is 31.2. The van der Waals surface area contributed by atoms with Gasteiger partial charge in [-0.3, -0.25) is 32.5 Å². The fourth-order valence-corrected chi connectivity index (χ4v) is 11.9. The molecule has 5 atom stereocenters. The maximum absolute atomic E-state index is 12.9. The van der Waals surface area contributed by atoms with Gasteiger partial charge in [0.2, 0.25) is 0 Å². The van der Waals surface area contributed by atoms with E-state index in [2.05, 4.69) is 142 Å². The highest BCUT2D eigenvalue weighted by Gasteiger charge is 2.29. The van der Waals surface area contributed by atoms with Crippen molar-refractivity contribution in [2.45, 2.75) is 334 Å². The molecule has 0 aromatic heterocycles. The van der Waals surface area contributed by atoms with E-state index in [1.807, 2.05) is 0 Å². The molecule has 0 aromatic carbocycles. The summed E-state index contributed by atoms with van der Waals surface area (Å²) in [6.45, 7) is 2.42. The molecule has 0 aliphatic carbocycles. The van der Waals surface area contributed by atoms with Crippen LogP contribution in [-0.4, -0.2) is 95.9 Å². The minimum absolute atomic E-state index is 0.0854. The van der Waals surface area contributed by atoms with Gasteiger partial charge < -0.3 is 34.2 Å². The summed E-state index contributed by atoms with van der Waals surface area (Å²) >= 11 is 0. The summed E-state index contributed by atoms with van der Waals surface area (Å²) in [5.74, 6) is -1.60. The van der Waals surface area contributed by atoms with Crippen LogP contribution in [0.25, 0.3) is 0 Å². The third-order valence-corrected chi connectivity index (χ3v) is 18.1. The molecule has 99 heavy (non-hydrogen) atoms. The monoisotopic (exact) mass is 1430 g/mol. The summed E-state index contributed by atoms with van der Waals surface area (Å²) in [6, 6.07) is 0. The summed E-state index contributed by atoms with van der Waals surface area (Å²) in [5, 5.41) is 20.6. The van der Waals surface area contributed by atoms with Crippen LogP contribution in [0.4, 0.5) is 0 Å². The Balaban J connectivity index is 4.46. The van der Waals surface area contributed by atoms with Crippen LogP contribution in [0.5, 0.6) is 0 Å². The van der Waals surface area contributed by atoms with Crippen LogP contribution in [0, 0.1) is 0 Å². The molecule has 5 unspecified atom stereocenters. The van der Waals surface area contributed by atoms with E-state index < -0.39 is 91.5 Å². The zero-order valence-electron chi connectivity index (χ0n) is 62.1. The van der Waals surface area contributed by atoms with E-state index in [9.17, 15) is 43.5 Å². The Bertz CT molecular complexity index is 2290. The van der Waals surface area contributed by atoms with Gasteiger partial charge in [-0.25, -0.2) is 9.13 Å². The third-order valence-electron chi connectivity index (χ3n) is 16.2. The van der Waals surface area contributed by atoms with Gasteiger partial charge in [0, 0.05) is 19.3 Å². The number of carbonyl (C=O) groups excluding carboxylic acids is 3. The van der Waals surface area contributed by atoms with Gasteiger partial charge in [0.05, 0.1) is 26.4 Å². The number of allylic oxidation sites excluding steroid dienone is 20. The lowest BCUT2D eigenvalue weighted by Crippen LogP contribution is -2.30. The summed E-state index contributed by atoms with van der Waals surface area (Å²) in [7, 11) is -9.79. The topological polar surface area (TPSA) is 231 Å². The van der Waals surface area contributed by atoms with Crippen molar-refractivity contribution in [3.63, 3.8) is 0 Å². The lowest BCUT2D eigenvalue weighted by Gasteiger charge is -2.21. The average Bonchev–Trinajstić information content (AvgIpc) is 2.96. The van der Waals surface area contributed by atoms with Crippen LogP contribution in [0.15, 0.2) is 122 Å². The molecular formula is C81H140O16P2. The van der Waals surface area contributed by atoms with E-state index in [1.165, 1.54) is 96.3 Å². The predicted molar refractivity (Wildman–Crippen MR) is 408 cm³/mol. The second kappa shape index (κ2) is 73.7. The van der Waals surface area contributed by atoms with Gasteiger partial charge in [-0.1, -0.05) is 290 Å². The summed E-state index contributed by atoms with van der Waals surface area (Å²) < 4.78 is 61.1. The van der Waals surface area contributed by atoms with Crippen LogP contribution in [0.3, 0.4) is 0 Å². The number of unbranched alkanes of at least 4 members (excludes halogenated alkanes) is 30. The minimum Gasteiger partial charge on any atom is -0.463 e. The number of hydrogen-bond donors (Lipinski definition) is 4. The molecule has 570 valence electrons. The largest absolute Gasteiger partial charge is 0.472 e. The molecule has 16 nitrogen and oxygen atoms in total. The van der Waals surface area contributed by atoms with Crippen LogP contribution >= 0.6 is 15.6 Å². The van der Waals surface area contributed by atoms with E-state index in [-0.39, 0.29) is 19.3 Å². The molecule has 0 bridgehead atoms. The second-order valence-corrected chi connectivity index (χ2v) is 28.7. The average molecular weight is 1430 g/mol. The molecule has 0 rings (SSSR count). The fourth-order valence-electron chi connectivity index (χ4n) is 10.3. The number of phosphoric acid groups is 2. The molecule has 0 fully saturated rings. The normalized spacial score (nSPS) is 14.7. The predicted octanol–water partition coefficient (Wildman–Crippen LogP) is 22.5. The van der Waals surface area contributed by atoms with Crippen LogP contribution in [0.1, 0.15) is 316 Å². The van der Waals surface area contributed by atoms with Crippen LogP contribution < -0.4 is 0 Å². The summed E-state index contributed by atoms with van der Waals surface area (Å²) in [6.07, 6.45) is 86.8. The van der Waals surface area contributed by atoms with Gasteiger partial charge in [-0.05, 0) is 128 Å². The standard InChI is InChI=1S/C81H140O16P2/c1-4-7-10-13-16-19-22-25-28-30-31-32-33-34-35-36-37-38-39-40-41-42-43-45-48-49-52-55-58-61-64-67-79(84)91-70-76(82)71-93-98(87,88)94-72-77(83)73-95-99(89,90)96-75-78(97-81(86)69-66-63-60-57-54-51-46-27-24-21-18-15-12-9-6-3)74-92-80(85)68-65-62-59-56-53-50-47-44-29-26-23-20-17-14-11-8-5-2/h7-8,10-11,16-21,25-29,31-32,34-35,46,76-78,82-83H,4-6,9,12-15,22-24,30,33,36-45,47-75H2,1-3H3,(H,87,88)(H,89,90)/b10-7-,11-8-,19-16-,20-17-,21-18-,28-25-,29-26-,32-31-,35-34-,46-27-. The van der Waals surface area contributed by atoms with Crippen molar-refractivity contribution in [3.8, 4) is 0 Å². The maximum atomic E-state index is 12.9. The van der Waals surface area contributed by atoms with Crippen molar-refractivity contribution < 1.29 is 75.8 Å². The second-order valence-electron chi connectivity index (χ2n) is 25.7. The molecule has 0 aliphatic rings. The molecule has 0 aromatic rings. The van der Waals surface area contributed by atoms with Crippen molar-refractivity contribution in [1.29, 1.82) is 0 Å². The molecular weight excluding hydrogens is 1290 g/mol. The van der Waals surface area contributed by atoms with E-state index in [0.29, 0.717) is 19.3 Å². The van der Waals surface area contributed by atoms with Crippen LogP contribution in [0.2, 0.25) is 0 Å². The number of rotatable bonds is 73. The van der Waals surface area contributed by atoms with E-state index in [0.717, 1.165) is 161 Å². The Labute approximate surface area is 602 Å². The lowest BCUT2D eigenvalue weighted by molar-refractivity contribution is -0.161. The quantitative estimate of drug-likeness (QED) is 0.0146. The Morgan fingerprint density at radius 3 is 0.848 bits per heavy atom. The highest BCUT2D eigenvalue weighted by Crippen LogP contribution is 2.45. The molecule has 0 radical (unpaired) electrons. The van der Waals surface area contributed by atoms with Crippen molar-refractivity contribution in [1.82, 2.24) is 0 Å². The molecule has 0 saturated carbocycles. The van der Waals surface area contributed by atoms with Gasteiger partial charge in [0.15, 0.2) is 6.10 Å². The highest BCUT2D eigenvalue weighted by molar-refractivity contribution is 7.47. The molecule has 0 heterocycles. The molecule has 4 N–H and O–H groups in total. The van der Waals surface area contributed by atoms with Gasteiger partial charge in [-0.2, -0.15) is 0 Å². The van der Waals surface area contributed by atoms with Gasteiger partial charge >= 0.3 is 33.6 Å². The fraction of sp³-hybridized carbons (Fsp3) is 0.716. The first-order chi connectivity index (χ1) is 48.2. The Morgan fingerprint density at radius 1 is 0.293 bits per heavy atom. The smallest absolute Gasteiger partial charge is 0.463 e. The summed E-state index contributed by atoms with van der Waals surface area (Å²) in [4.78, 5) is 58.6. The maximum Gasteiger partial charge on any atom is 0.472 e. The van der Waals surface area contributed by atoms with Crippen molar-refractivity contribution in [2.24, 2.45) is 0 Å². The number of carbonyl (C=O) groups is 3. The van der Waals surface area contributed by atoms with Gasteiger partial charge in [-0.15, -0.1) is 0 Å². The Kier molecular flexibility index (Phi) is 70.7. The van der Waals surface area contributed by atoms with Crippen molar-refractivity contribution >= 4 is 33.6 Å². The lowest BCUT2D eigenvalue weighted by atomic mass is 10.0. The van der Waals surface area contributed by atoms with E-state index >= 15 is 0 Å². The molecule has 0 aliphatic heterocycles. The number of aliphatic hydroxyl groups is 2. The number of ether oxygens (including phenoxy) is 3. The van der Waals surface area contributed by atoms with E-state index in [1.54, 1.807) is 0 Å². The first-order valence-corrected chi connectivity index (χ1v) is 41.8. The zero-order valence-corrected chi connectivity index (χ0v) is 63.9. The number of aliphatic hydroxyl groups excluding tert-OH is 2. The van der Waals surface area contributed by atoms with E-state index in [4.69, 9.17) is 32.3 Å². The number of hydrogen-bond acceptors (Lipinski definition) is 14. The van der Waals surface area contributed by atoms with Crippen LogP contribution in [-0.2, 0) is 55.8 Å². The first-order valence-electron chi connectivity index (χ1n) is 38.8. The first kappa shape index (κ1) is 94.9. The molecule has 0 saturated heterocycles. The van der Waals surface area contributed by atoms with Crippen molar-refractivity contribution in [3.05, 3.63) is 122 Å².